The third kappa shape index (κ3) is 11.1. The van der Waals surface area contributed by atoms with Crippen LogP contribution in [0.3, 0.4) is 0 Å². The minimum atomic E-state index is 0.0361. The highest BCUT2D eigenvalue weighted by atomic mass is 32.1. The van der Waals surface area contributed by atoms with E-state index in [0.29, 0.717) is 0 Å². The fraction of sp³-hybridized carbons (Fsp3) is 0.403. The van der Waals surface area contributed by atoms with Gasteiger partial charge >= 0.3 is 0 Å². The second kappa shape index (κ2) is 24.0. The molecule has 0 unspecified atom stereocenters. The van der Waals surface area contributed by atoms with Crippen molar-refractivity contribution in [2.24, 2.45) is 0 Å². The van der Waals surface area contributed by atoms with E-state index in [1.54, 1.807) is 11.1 Å². The standard InChI is InChI=1S/C67H78N2S2/c1-7-11-15-17-19-27-41-67(42-28-20-18-16-12-8-2)58-43-47(5)35-37-54(58)55-38-36-53(44-59(55)67)66-52(30-14-10-4)46-61(71-66)57-40-39-56(60-45-51(29-13-9-3)48(6)70-60)64-65(57)69-63(50-33-25-22-26-34-50)62(68-64)49-31-23-21-24-32-49/h21-26,31-40,43-46H,7-20,27-30,41-42H2,1-6H3. The molecule has 0 spiro atoms. The molecule has 0 atom stereocenters. The van der Waals surface area contributed by atoms with Gasteiger partial charge in [0.25, 0.3) is 0 Å². The molecule has 2 nitrogen and oxygen atoms in total. The summed E-state index contributed by atoms with van der Waals surface area (Å²) in [6, 6.07) is 46.1. The summed E-state index contributed by atoms with van der Waals surface area (Å²) < 4.78 is 0. The van der Waals surface area contributed by atoms with Crippen LogP contribution in [0.1, 0.15) is 176 Å². The Bertz CT molecular complexity index is 2990. The van der Waals surface area contributed by atoms with Crippen LogP contribution >= 0.6 is 22.7 Å². The van der Waals surface area contributed by atoms with Crippen molar-refractivity contribution in [1.82, 2.24) is 9.97 Å². The van der Waals surface area contributed by atoms with Crippen LogP contribution in [-0.2, 0) is 18.3 Å². The molecule has 0 saturated carbocycles. The van der Waals surface area contributed by atoms with Gasteiger partial charge < -0.3 is 0 Å². The van der Waals surface area contributed by atoms with E-state index in [0.717, 1.165) is 59.2 Å². The average Bonchev–Trinajstić information content (AvgIpc) is 4.08. The van der Waals surface area contributed by atoms with Crippen LogP contribution in [0.5, 0.6) is 0 Å². The third-order valence-electron chi connectivity index (χ3n) is 15.6. The number of thiophene rings is 2. The molecule has 0 bridgehead atoms. The summed E-state index contributed by atoms with van der Waals surface area (Å²) in [5.41, 5.74) is 20.2. The molecule has 0 N–H and O–H groups in total. The lowest BCUT2D eigenvalue weighted by molar-refractivity contribution is 0.398. The Kier molecular flexibility index (Phi) is 17.2. The van der Waals surface area contributed by atoms with E-state index in [-0.39, 0.29) is 5.41 Å². The SMILES string of the molecule is CCCCCCCCC1(CCCCCCCC)c2cc(C)ccc2-c2ccc(-c3sc(-c4ccc(-c5cc(CCCC)c(C)s5)c5nc(-c6ccccc6)c(-c6ccccc6)nc45)cc3CCCC)cc21. The molecule has 0 fully saturated rings. The van der Waals surface area contributed by atoms with E-state index < -0.39 is 0 Å². The van der Waals surface area contributed by atoms with Gasteiger partial charge in [0.15, 0.2) is 0 Å². The van der Waals surface area contributed by atoms with Gasteiger partial charge in [-0.15, -0.1) is 22.7 Å². The van der Waals surface area contributed by atoms with Gasteiger partial charge in [-0.2, -0.15) is 0 Å². The van der Waals surface area contributed by atoms with E-state index in [9.17, 15) is 0 Å². The molecule has 0 saturated heterocycles. The van der Waals surface area contributed by atoms with Crippen LogP contribution in [0.4, 0.5) is 0 Å². The quantitative estimate of drug-likeness (QED) is 0.0533. The predicted octanol–water partition coefficient (Wildman–Crippen LogP) is 21.2. The molecule has 0 amide bonds. The second-order valence-corrected chi connectivity index (χ2v) is 23.1. The maximum Gasteiger partial charge on any atom is 0.0988 e. The minimum Gasteiger partial charge on any atom is -0.243 e. The predicted molar refractivity (Wildman–Crippen MR) is 311 cm³/mol. The molecule has 71 heavy (non-hydrogen) atoms. The van der Waals surface area contributed by atoms with Crippen LogP contribution in [0.15, 0.2) is 121 Å². The van der Waals surface area contributed by atoms with Crippen LogP contribution in [-0.4, -0.2) is 9.97 Å². The van der Waals surface area contributed by atoms with E-state index >= 15 is 0 Å². The average molecular weight is 976 g/mol. The first-order valence-corrected chi connectivity index (χ1v) is 29.4. The van der Waals surface area contributed by atoms with E-state index in [1.807, 2.05) is 22.7 Å². The van der Waals surface area contributed by atoms with Gasteiger partial charge in [0.05, 0.1) is 22.4 Å². The van der Waals surface area contributed by atoms with Gasteiger partial charge in [-0.05, 0) is 110 Å². The number of nitrogens with zero attached hydrogens (tertiary/aromatic N) is 2. The van der Waals surface area contributed by atoms with E-state index in [4.69, 9.17) is 9.97 Å². The lowest BCUT2D eigenvalue weighted by atomic mass is 9.70. The van der Waals surface area contributed by atoms with Crippen molar-refractivity contribution in [1.29, 1.82) is 0 Å². The lowest BCUT2D eigenvalue weighted by Gasteiger charge is -2.33. The van der Waals surface area contributed by atoms with Gasteiger partial charge in [-0.25, -0.2) is 9.97 Å². The molecule has 4 heteroatoms. The lowest BCUT2D eigenvalue weighted by Crippen LogP contribution is -2.25. The highest BCUT2D eigenvalue weighted by Crippen LogP contribution is 2.56. The first-order valence-electron chi connectivity index (χ1n) is 27.8. The maximum absolute atomic E-state index is 5.79. The number of benzene rings is 5. The normalized spacial score (nSPS) is 12.8. The van der Waals surface area contributed by atoms with Crippen molar-refractivity contribution in [2.75, 3.05) is 0 Å². The number of rotatable bonds is 25. The maximum atomic E-state index is 5.79. The zero-order valence-corrected chi connectivity index (χ0v) is 45.5. The molecular weight excluding hydrogens is 897 g/mol. The Hall–Kier alpha value is -5.16. The Morgan fingerprint density at radius 3 is 1.44 bits per heavy atom. The molecule has 3 heterocycles. The Morgan fingerprint density at radius 1 is 0.408 bits per heavy atom. The van der Waals surface area contributed by atoms with E-state index in [2.05, 4.69) is 163 Å². The van der Waals surface area contributed by atoms with E-state index in [1.165, 1.54) is 167 Å². The monoisotopic (exact) mass is 975 g/mol. The van der Waals surface area contributed by atoms with Gasteiger partial charge in [-0.3, -0.25) is 0 Å². The highest BCUT2D eigenvalue weighted by molar-refractivity contribution is 7.19. The Labute approximate surface area is 435 Å². The molecule has 0 radical (unpaired) electrons. The van der Waals surface area contributed by atoms with Crippen LogP contribution < -0.4 is 0 Å². The second-order valence-electron chi connectivity index (χ2n) is 20.8. The first-order chi connectivity index (χ1) is 34.9. The van der Waals surface area contributed by atoms with Crippen LogP contribution in [0, 0.1) is 13.8 Å². The number of hydrogen-bond acceptors (Lipinski definition) is 4. The zero-order chi connectivity index (χ0) is 49.2. The molecule has 1 aliphatic rings. The smallest absolute Gasteiger partial charge is 0.0988 e. The summed E-state index contributed by atoms with van der Waals surface area (Å²) in [5, 5.41) is 0. The van der Waals surface area contributed by atoms with Gasteiger partial charge in [0.1, 0.15) is 0 Å². The third-order valence-corrected chi connectivity index (χ3v) is 18.0. The van der Waals surface area contributed by atoms with Crippen molar-refractivity contribution in [2.45, 2.75) is 175 Å². The summed E-state index contributed by atoms with van der Waals surface area (Å²) >= 11 is 3.88. The number of hydrogen-bond donors (Lipinski definition) is 0. The van der Waals surface area contributed by atoms with Crippen molar-refractivity contribution in [3.63, 3.8) is 0 Å². The Morgan fingerprint density at radius 2 is 0.873 bits per heavy atom. The van der Waals surface area contributed by atoms with Crippen LogP contribution in [0.2, 0.25) is 0 Å². The molecule has 9 rings (SSSR count). The van der Waals surface area contributed by atoms with Crippen molar-refractivity contribution in [3.05, 3.63) is 154 Å². The topological polar surface area (TPSA) is 25.8 Å². The summed E-state index contributed by atoms with van der Waals surface area (Å²) in [6.07, 6.45) is 25.3. The van der Waals surface area contributed by atoms with Crippen molar-refractivity contribution >= 4 is 33.7 Å². The van der Waals surface area contributed by atoms with Crippen LogP contribution in [0.25, 0.3) is 76.0 Å². The number of fused-ring (bicyclic) bond motifs is 4. The molecule has 1 aliphatic carbocycles. The molecule has 368 valence electrons. The summed E-state index contributed by atoms with van der Waals surface area (Å²) in [5.74, 6) is 0. The van der Waals surface area contributed by atoms with Crippen molar-refractivity contribution in [3.8, 4) is 65.0 Å². The minimum absolute atomic E-state index is 0.0361. The number of aromatic nitrogens is 2. The fourth-order valence-corrected chi connectivity index (χ4v) is 13.9. The number of unbranched alkanes of at least 4 members (excludes halogenated alkanes) is 12. The molecule has 3 aromatic heterocycles. The summed E-state index contributed by atoms with van der Waals surface area (Å²) in [6.45, 7) is 13.9. The first kappa shape index (κ1) is 50.8. The van der Waals surface area contributed by atoms with Gasteiger partial charge in [0, 0.05) is 47.2 Å². The summed E-state index contributed by atoms with van der Waals surface area (Å²) in [4.78, 5) is 16.9. The molecule has 5 aromatic carbocycles. The zero-order valence-electron chi connectivity index (χ0n) is 43.9. The Balaban J connectivity index is 1.20. The van der Waals surface area contributed by atoms with Gasteiger partial charge in [0.2, 0.25) is 0 Å². The molecule has 8 aromatic rings. The van der Waals surface area contributed by atoms with Gasteiger partial charge in [-0.1, -0.05) is 226 Å². The fourth-order valence-electron chi connectivity index (χ4n) is 11.6. The molecule has 0 aliphatic heterocycles. The number of aryl methyl sites for hydroxylation is 4. The highest BCUT2D eigenvalue weighted by Gasteiger charge is 2.42. The van der Waals surface area contributed by atoms with Crippen molar-refractivity contribution < 1.29 is 0 Å². The largest absolute Gasteiger partial charge is 0.243 e. The molecular formula is C67H78N2S2. The summed E-state index contributed by atoms with van der Waals surface area (Å²) in [7, 11) is 0.